The summed E-state index contributed by atoms with van der Waals surface area (Å²) in [7, 11) is 0. The fourth-order valence-corrected chi connectivity index (χ4v) is 3.01. The fraction of sp³-hybridized carbons (Fsp3) is 0.350. The van der Waals surface area contributed by atoms with Crippen LogP contribution in [0.15, 0.2) is 48.5 Å². The lowest BCUT2D eigenvalue weighted by atomic mass is 10.1. The fourth-order valence-electron chi connectivity index (χ4n) is 3.01. The average Bonchev–Trinajstić information content (AvgIpc) is 3.07. The van der Waals surface area contributed by atoms with Crippen molar-refractivity contribution >= 4 is 17.3 Å². The summed E-state index contributed by atoms with van der Waals surface area (Å²) in [5, 5.41) is 12.2. The Balaban J connectivity index is 1.61. The highest BCUT2D eigenvalue weighted by atomic mass is 16.5. The Hall–Kier alpha value is -2.53. The third-order valence-corrected chi connectivity index (χ3v) is 4.38. The van der Waals surface area contributed by atoms with Crippen molar-refractivity contribution in [1.29, 1.82) is 0 Å². The molecule has 0 radical (unpaired) electrons. The van der Waals surface area contributed by atoms with E-state index < -0.39 is 0 Å². The van der Waals surface area contributed by atoms with Crippen LogP contribution in [0.2, 0.25) is 0 Å². The van der Waals surface area contributed by atoms with E-state index in [2.05, 4.69) is 24.4 Å². The van der Waals surface area contributed by atoms with Crippen molar-refractivity contribution in [2.75, 3.05) is 30.0 Å². The number of ether oxygens (including phenoxy) is 1. The molecular weight excluding hydrogens is 316 g/mol. The second-order valence-electron chi connectivity index (χ2n) is 6.20. The van der Waals surface area contributed by atoms with Crippen LogP contribution in [0.1, 0.15) is 31.4 Å². The molecule has 132 valence electrons. The van der Waals surface area contributed by atoms with Crippen molar-refractivity contribution in [2.45, 2.75) is 25.8 Å². The molecule has 3 rings (SSSR count). The Morgan fingerprint density at radius 1 is 1.16 bits per heavy atom. The molecule has 1 amide bonds. The molecule has 5 heteroatoms. The zero-order valence-corrected chi connectivity index (χ0v) is 14.4. The van der Waals surface area contributed by atoms with Crippen LogP contribution in [-0.4, -0.2) is 30.8 Å². The van der Waals surface area contributed by atoms with Crippen LogP contribution < -0.4 is 15.0 Å². The van der Waals surface area contributed by atoms with E-state index in [1.165, 1.54) is 0 Å². The van der Waals surface area contributed by atoms with Crippen molar-refractivity contribution in [3.05, 3.63) is 54.1 Å². The smallest absolute Gasteiger partial charge is 0.227 e. The van der Waals surface area contributed by atoms with Gasteiger partial charge < -0.3 is 20.1 Å². The van der Waals surface area contributed by atoms with Gasteiger partial charge in [0.2, 0.25) is 5.91 Å². The highest BCUT2D eigenvalue weighted by molar-refractivity contribution is 5.95. The van der Waals surface area contributed by atoms with E-state index in [0.717, 1.165) is 35.7 Å². The van der Waals surface area contributed by atoms with Gasteiger partial charge in [-0.3, -0.25) is 4.79 Å². The Morgan fingerprint density at radius 3 is 2.48 bits per heavy atom. The topological polar surface area (TPSA) is 61.8 Å². The predicted octanol–water partition coefficient (Wildman–Crippen LogP) is 3.36. The van der Waals surface area contributed by atoms with E-state index in [1.54, 1.807) is 0 Å². The first kappa shape index (κ1) is 17.3. The number of rotatable bonds is 7. The molecule has 1 unspecified atom stereocenters. The second-order valence-corrected chi connectivity index (χ2v) is 6.20. The number of amides is 1. The van der Waals surface area contributed by atoms with Crippen LogP contribution in [0.3, 0.4) is 0 Å². The van der Waals surface area contributed by atoms with Crippen molar-refractivity contribution in [3.63, 3.8) is 0 Å². The monoisotopic (exact) mass is 340 g/mol. The SMILES string of the molecule is CC(Nc1ccc(OCCO)cc1)c1ccc(N2CCCC2=O)cc1. The van der Waals surface area contributed by atoms with E-state index >= 15 is 0 Å². The molecule has 1 aliphatic rings. The number of carbonyl (C=O) groups is 1. The highest BCUT2D eigenvalue weighted by Crippen LogP contribution is 2.26. The molecule has 25 heavy (non-hydrogen) atoms. The van der Waals surface area contributed by atoms with Gasteiger partial charge in [0.15, 0.2) is 0 Å². The highest BCUT2D eigenvalue weighted by Gasteiger charge is 2.21. The number of carbonyl (C=O) groups excluding carboxylic acids is 1. The number of hydrogen-bond donors (Lipinski definition) is 2. The van der Waals surface area contributed by atoms with Crippen molar-refractivity contribution < 1.29 is 14.6 Å². The Morgan fingerprint density at radius 2 is 1.88 bits per heavy atom. The molecule has 1 saturated heterocycles. The second kappa shape index (κ2) is 8.03. The molecule has 0 saturated carbocycles. The molecule has 5 nitrogen and oxygen atoms in total. The maximum atomic E-state index is 11.8. The summed E-state index contributed by atoms with van der Waals surface area (Å²) in [4.78, 5) is 13.7. The molecular formula is C20H24N2O3. The number of anilines is 2. The first-order valence-corrected chi connectivity index (χ1v) is 8.68. The van der Waals surface area contributed by atoms with Crippen molar-refractivity contribution in [2.24, 2.45) is 0 Å². The third kappa shape index (κ3) is 4.31. The van der Waals surface area contributed by atoms with Gasteiger partial charge in [-0.1, -0.05) is 12.1 Å². The summed E-state index contributed by atoms with van der Waals surface area (Å²) < 4.78 is 5.36. The number of hydrogen-bond acceptors (Lipinski definition) is 4. The average molecular weight is 340 g/mol. The zero-order chi connectivity index (χ0) is 17.6. The van der Waals surface area contributed by atoms with E-state index in [0.29, 0.717) is 13.0 Å². The maximum absolute atomic E-state index is 11.8. The zero-order valence-electron chi connectivity index (χ0n) is 14.4. The van der Waals surface area contributed by atoms with E-state index in [9.17, 15) is 4.79 Å². The van der Waals surface area contributed by atoms with Gasteiger partial charge in [0.25, 0.3) is 0 Å². The van der Waals surface area contributed by atoms with E-state index in [1.807, 2.05) is 41.3 Å². The van der Waals surface area contributed by atoms with Crippen molar-refractivity contribution in [3.8, 4) is 5.75 Å². The van der Waals surface area contributed by atoms with Gasteiger partial charge >= 0.3 is 0 Å². The summed E-state index contributed by atoms with van der Waals surface area (Å²) in [5.41, 5.74) is 3.14. The number of benzene rings is 2. The van der Waals surface area contributed by atoms with Gasteiger partial charge in [0, 0.05) is 30.4 Å². The van der Waals surface area contributed by atoms with Crippen LogP contribution in [0, 0.1) is 0 Å². The number of nitrogens with one attached hydrogen (secondary N) is 1. The standard InChI is InChI=1S/C20H24N2O3/c1-15(21-17-6-10-19(11-7-17)25-14-13-23)16-4-8-18(9-5-16)22-12-2-3-20(22)24/h4-11,15,21,23H,2-3,12-14H2,1H3. The molecule has 0 aromatic heterocycles. The Labute approximate surface area is 148 Å². The van der Waals surface area contributed by atoms with Gasteiger partial charge in [0.1, 0.15) is 12.4 Å². The summed E-state index contributed by atoms with van der Waals surface area (Å²) in [6.45, 7) is 3.23. The minimum Gasteiger partial charge on any atom is -0.491 e. The van der Waals surface area contributed by atoms with E-state index in [4.69, 9.17) is 9.84 Å². The Bertz CT molecular complexity index is 698. The summed E-state index contributed by atoms with van der Waals surface area (Å²) >= 11 is 0. The normalized spacial score (nSPS) is 15.3. The lowest BCUT2D eigenvalue weighted by molar-refractivity contribution is -0.117. The third-order valence-electron chi connectivity index (χ3n) is 4.38. The molecule has 1 heterocycles. The molecule has 2 aromatic carbocycles. The minimum atomic E-state index is 0.00998. The maximum Gasteiger partial charge on any atom is 0.227 e. The lowest BCUT2D eigenvalue weighted by Gasteiger charge is -2.19. The first-order valence-electron chi connectivity index (χ1n) is 8.68. The molecule has 1 fully saturated rings. The molecule has 2 N–H and O–H groups in total. The van der Waals surface area contributed by atoms with Crippen LogP contribution in [-0.2, 0) is 4.79 Å². The van der Waals surface area contributed by atoms with Gasteiger partial charge in [-0.15, -0.1) is 0 Å². The number of nitrogens with zero attached hydrogens (tertiary/aromatic N) is 1. The summed E-state index contributed by atoms with van der Waals surface area (Å²) in [5.74, 6) is 0.953. The van der Waals surface area contributed by atoms with Crippen molar-refractivity contribution in [1.82, 2.24) is 0 Å². The van der Waals surface area contributed by atoms with Crippen LogP contribution >= 0.6 is 0 Å². The van der Waals surface area contributed by atoms with Crippen LogP contribution in [0.25, 0.3) is 0 Å². The number of aliphatic hydroxyl groups excluding tert-OH is 1. The van der Waals surface area contributed by atoms with Gasteiger partial charge in [-0.2, -0.15) is 0 Å². The van der Waals surface area contributed by atoms with Gasteiger partial charge in [0.05, 0.1) is 6.61 Å². The minimum absolute atomic E-state index is 0.00998. The molecule has 2 aromatic rings. The molecule has 1 atom stereocenters. The van der Waals surface area contributed by atoms with E-state index in [-0.39, 0.29) is 18.6 Å². The largest absolute Gasteiger partial charge is 0.491 e. The molecule has 1 aliphatic heterocycles. The molecule has 0 bridgehead atoms. The summed E-state index contributed by atoms with van der Waals surface area (Å²) in [6.07, 6.45) is 1.59. The Kier molecular flexibility index (Phi) is 5.56. The molecule has 0 aliphatic carbocycles. The summed E-state index contributed by atoms with van der Waals surface area (Å²) in [6, 6.07) is 16.0. The first-order chi connectivity index (χ1) is 12.2. The number of aliphatic hydroxyl groups is 1. The lowest BCUT2D eigenvalue weighted by Crippen LogP contribution is -2.23. The van der Waals surface area contributed by atoms with Crippen LogP contribution in [0.4, 0.5) is 11.4 Å². The predicted molar refractivity (Wildman–Crippen MR) is 99.1 cm³/mol. The van der Waals surface area contributed by atoms with Crippen LogP contribution in [0.5, 0.6) is 5.75 Å². The molecule has 0 spiro atoms. The quantitative estimate of drug-likeness (QED) is 0.811. The van der Waals surface area contributed by atoms with Gasteiger partial charge in [-0.05, 0) is 55.3 Å². The van der Waals surface area contributed by atoms with Gasteiger partial charge in [-0.25, -0.2) is 0 Å².